The summed E-state index contributed by atoms with van der Waals surface area (Å²) >= 11 is 0. The molecule has 2 aromatic rings. The molecule has 0 saturated carbocycles. The molecular formula is C14H15N3O. The van der Waals surface area contributed by atoms with E-state index in [1.807, 2.05) is 54.6 Å². The van der Waals surface area contributed by atoms with E-state index in [0.29, 0.717) is 6.54 Å². The molecule has 0 atom stereocenters. The number of hydrogen-bond acceptors (Lipinski definition) is 2. The largest absolute Gasteiger partial charge is 0.457 e. The van der Waals surface area contributed by atoms with Gasteiger partial charge < -0.3 is 16.2 Å². The lowest BCUT2D eigenvalue weighted by atomic mass is 10.2. The molecule has 92 valence electrons. The Morgan fingerprint density at radius 2 is 1.50 bits per heavy atom. The maximum Gasteiger partial charge on any atom is 0.186 e. The maximum atomic E-state index is 5.67. The zero-order valence-corrected chi connectivity index (χ0v) is 9.91. The van der Waals surface area contributed by atoms with Crippen LogP contribution < -0.4 is 16.2 Å². The van der Waals surface area contributed by atoms with Crippen LogP contribution >= 0.6 is 0 Å². The Kier molecular flexibility index (Phi) is 3.81. The highest BCUT2D eigenvalue weighted by atomic mass is 16.5. The van der Waals surface area contributed by atoms with Gasteiger partial charge in [0.1, 0.15) is 11.5 Å². The molecule has 2 aromatic carbocycles. The minimum absolute atomic E-state index is 0.0969. The fraction of sp³-hybridized carbons (Fsp3) is 0.0714. The Morgan fingerprint density at radius 3 is 2.11 bits per heavy atom. The van der Waals surface area contributed by atoms with E-state index in [0.717, 1.165) is 17.1 Å². The van der Waals surface area contributed by atoms with E-state index < -0.39 is 0 Å². The van der Waals surface area contributed by atoms with Gasteiger partial charge in [-0.2, -0.15) is 0 Å². The smallest absolute Gasteiger partial charge is 0.186 e. The Hall–Kier alpha value is -2.49. The van der Waals surface area contributed by atoms with E-state index >= 15 is 0 Å². The molecule has 0 bridgehead atoms. The van der Waals surface area contributed by atoms with Crippen LogP contribution in [0.2, 0.25) is 0 Å². The Morgan fingerprint density at radius 1 is 0.889 bits per heavy atom. The first-order chi connectivity index (χ1) is 8.74. The highest BCUT2D eigenvalue weighted by molar-refractivity contribution is 5.75. The van der Waals surface area contributed by atoms with E-state index in [9.17, 15) is 0 Å². The molecule has 0 fully saturated rings. The molecule has 0 saturated heterocycles. The van der Waals surface area contributed by atoms with Crippen molar-refractivity contribution < 1.29 is 4.74 Å². The standard InChI is InChI=1S/C14H15N3O/c15-14(16)17-10-11-6-8-13(9-7-11)18-12-4-2-1-3-5-12/h1-9H,10H2,(H4,15,16,17). The second-order valence-corrected chi connectivity index (χ2v) is 3.80. The predicted molar refractivity (Wildman–Crippen MR) is 72.5 cm³/mol. The molecule has 0 aliphatic heterocycles. The van der Waals surface area contributed by atoms with Gasteiger partial charge in [-0.1, -0.05) is 30.3 Å². The van der Waals surface area contributed by atoms with Crippen LogP contribution in [0.5, 0.6) is 11.5 Å². The Labute approximate surface area is 106 Å². The second-order valence-electron chi connectivity index (χ2n) is 3.80. The highest BCUT2D eigenvalue weighted by Gasteiger charge is 1.97. The summed E-state index contributed by atoms with van der Waals surface area (Å²) in [4.78, 5) is 3.94. The van der Waals surface area contributed by atoms with Crippen molar-refractivity contribution >= 4 is 5.96 Å². The monoisotopic (exact) mass is 241 g/mol. The van der Waals surface area contributed by atoms with Gasteiger partial charge in [0.15, 0.2) is 5.96 Å². The molecule has 0 heterocycles. The molecule has 0 radical (unpaired) electrons. The first-order valence-corrected chi connectivity index (χ1v) is 5.61. The van der Waals surface area contributed by atoms with Gasteiger partial charge in [0, 0.05) is 0 Å². The quantitative estimate of drug-likeness (QED) is 0.637. The minimum Gasteiger partial charge on any atom is -0.457 e. The Bertz CT molecular complexity index is 516. The number of hydrogen-bond donors (Lipinski definition) is 2. The van der Waals surface area contributed by atoms with Crippen molar-refractivity contribution in [3.63, 3.8) is 0 Å². The molecule has 0 aliphatic rings. The van der Waals surface area contributed by atoms with Crippen molar-refractivity contribution in [1.29, 1.82) is 0 Å². The second kappa shape index (κ2) is 5.72. The maximum absolute atomic E-state index is 5.67. The molecule has 0 aliphatic carbocycles. The molecule has 0 unspecified atom stereocenters. The van der Waals surface area contributed by atoms with E-state index in [2.05, 4.69) is 4.99 Å². The lowest BCUT2D eigenvalue weighted by Crippen LogP contribution is -2.22. The van der Waals surface area contributed by atoms with E-state index in [-0.39, 0.29) is 5.96 Å². The van der Waals surface area contributed by atoms with Crippen LogP contribution in [-0.2, 0) is 6.54 Å². The van der Waals surface area contributed by atoms with Gasteiger partial charge in [-0.3, -0.25) is 0 Å². The number of aliphatic imine (C=N–C) groups is 1. The number of benzene rings is 2. The third kappa shape index (κ3) is 3.52. The summed E-state index contributed by atoms with van der Waals surface area (Å²) in [6.07, 6.45) is 0. The lowest BCUT2D eigenvalue weighted by Gasteiger charge is -2.05. The van der Waals surface area contributed by atoms with Crippen molar-refractivity contribution in [2.75, 3.05) is 0 Å². The third-order valence-corrected chi connectivity index (χ3v) is 2.35. The van der Waals surface area contributed by atoms with Crippen molar-refractivity contribution in [2.24, 2.45) is 16.5 Å². The van der Waals surface area contributed by atoms with Crippen LogP contribution in [0.25, 0.3) is 0 Å². The number of guanidine groups is 1. The van der Waals surface area contributed by atoms with Crippen LogP contribution in [-0.4, -0.2) is 5.96 Å². The van der Waals surface area contributed by atoms with Crippen LogP contribution in [0.15, 0.2) is 59.6 Å². The summed E-state index contributed by atoms with van der Waals surface area (Å²) in [6, 6.07) is 17.3. The summed E-state index contributed by atoms with van der Waals surface area (Å²) in [7, 11) is 0. The van der Waals surface area contributed by atoms with Gasteiger partial charge in [0.05, 0.1) is 6.54 Å². The van der Waals surface area contributed by atoms with Gasteiger partial charge in [0.2, 0.25) is 0 Å². The summed E-state index contributed by atoms with van der Waals surface area (Å²) < 4.78 is 5.67. The SMILES string of the molecule is NC(N)=NCc1ccc(Oc2ccccc2)cc1. The first-order valence-electron chi connectivity index (χ1n) is 5.61. The van der Waals surface area contributed by atoms with Crippen molar-refractivity contribution in [3.05, 3.63) is 60.2 Å². The average Bonchev–Trinajstić information content (AvgIpc) is 2.39. The van der Waals surface area contributed by atoms with Crippen LogP contribution in [0, 0.1) is 0 Å². The molecular weight excluding hydrogens is 226 g/mol. The summed E-state index contributed by atoms with van der Waals surface area (Å²) in [5, 5.41) is 0. The van der Waals surface area contributed by atoms with Crippen LogP contribution in [0.4, 0.5) is 0 Å². The van der Waals surface area contributed by atoms with Crippen LogP contribution in [0.1, 0.15) is 5.56 Å². The molecule has 4 heteroatoms. The topological polar surface area (TPSA) is 73.6 Å². The molecule has 2 rings (SSSR count). The number of nitrogens with two attached hydrogens (primary N) is 2. The minimum atomic E-state index is 0.0969. The zero-order valence-electron chi connectivity index (χ0n) is 9.91. The number of para-hydroxylation sites is 1. The fourth-order valence-corrected chi connectivity index (χ4v) is 1.47. The summed E-state index contributed by atoms with van der Waals surface area (Å²) in [6.45, 7) is 0.480. The van der Waals surface area contributed by atoms with E-state index in [1.54, 1.807) is 0 Å². The summed E-state index contributed by atoms with van der Waals surface area (Å²) in [5.41, 5.74) is 11.6. The number of ether oxygens (including phenoxy) is 1. The van der Waals surface area contributed by atoms with Gasteiger partial charge >= 0.3 is 0 Å². The molecule has 4 nitrogen and oxygen atoms in total. The van der Waals surface area contributed by atoms with Crippen molar-refractivity contribution in [1.82, 2.24) is 0 Å². The van der Waals surface area contributed by atoms with Crippen molar-refractivity contribution in [3.8, 4) is 11.5 Å². The van der Waals surface area contributed by atoms with Gasteiger partial charge in [-0.05, 0) is 29.8 Å². The third-order valence-electron chi connectivity index (χ3n) is 2.35. The van der Waals surface area contributed by atoms with E-state index in [1.165, 1.54) is 0 Å². The molecule has 18 heavy (non-hydrogen) atoms. The average molecular weight is 241 g/mol. The fourth-order valence-electron chi connectivity index (χ4n) is 1.47. The molecule has 4 N–H and O–H groups in total. The molecule has 0 aromatic heterocycles. The summed E-state index contributed by atoms with van der Waals surface area (Å²) in [5.74, 6) is 1.70. The Balaban J connectivity index is 2.02. The lowest BCUT2D eigenvalue weighted by molar-refractivity contribution is 0.482. The van der Waals surface area contributed by atoms with Crippen molar-refractivity contribution in [2.45, 2.75) is 6.54 Å². The number of rotatable bonds is 4. The van der Waals surface area contributed by atoms with Gasteiger partial charge in [-0.25, -0.2) is 4.99 Å². The van der Waals surface area contributed by atoms with Crippen LogP contribution in [0.3, 0.4) is 0 Å². The number of nitrogens with zero attached hydrogens (tertiary/aromatic N) is 1. The van der Waals surface area contributed by atoms with Gasteiger partial charge in [0.25, 0.3) is 0 Å². The predicted octanol–water partition coefficient (Wildman–Crippen LogP) is 2.25. The van der Waals surface area contributed by atoms with Gasteiger partial charge in [-0.15, -0.1) is 0 Å². The van der Waals surface area contributed by atoms with E-state index in [4.69, 9.17) is 16.2 Å². The highest BCUT2D eigenvalue weighted by Crippen LogP contribution is 2.21. The molecule has 0 amide bonds. The zero-order chi connectivity index (χ0) is 12.8. The molecule has 0 spiro atoms. The first kappa shape index (κ1) is 12.0. The normalized spacial score (nSPS) is 9.78.